The van der Waals surface area contributed by atoms with E-state index in [1.54, 1.807) is 23.1 Å². The molecule has 1 N–H and O–H groups in total. The maximum absolute atomic E-state index is 6.06. The van der Waals surface area contributed by atoms with Gasteiger partial charge in [-0.3, -0.25) is 0 Å². The van der Waals surface area contributed by atoms with Crippen molar-refractivity contribution >= 4 is 67.5 Å². The van der Waals surface area contributed by atoms with Gasteiger partial charge in [0.1, 0.15) is 5.01 Å². The molecule has 1 aliphatic heterocycles. The normalized spacial score (nSPS) is 15.1. The molecule has 2 heterocycles. The molecule has 1 aliphatic rings. The Hall–Kier alpha value is -2.01. The van der Waals surface area contributed by atoms with Crippen molar-refractivity contribution in [1.82, 2.24) is 4.98 Å². The van der Waals surface area contributed by atoms with Crippen LogP contribution in [0.3, 0.4) is 0 Å². The molecule has 0 amide bonds. The summed E-state index contributed by atoms with van der Waals surface area (Å²) < 4.78 is 1.21. The lowest BCUT2D eigenvalue weighted by Gasteiger charge is -1.97. The molecule has 2 nitrogen and oxygen atoms in total. The summed E-state index contributed by atoms with van der Waals surface area (Å²) in [7, 11) is 0. The quantitative estimate of drug-likeness (QED) is 0.409. The van der Waals surface area contributed by atoms with E-state index in [4.69, 9.17) is 16.6 Å². The Morgan fingerprint density at radius 2 is 1.96 bits per heavy atom. The average molecular weight is 367 g/mol. The Morgan fingerprint density at radius 1 is 1.04 bits per heavy atom. The first-order valence-corrected chi connectivity index (χ1v) is 9.52. The molecule has 0 unspecified atom stereocenters. The van der Waals surface area contributed by atoms with Gasteiger partial charge in [-0.2, -0.15) is 0 Å². The van der Waals surface area contributed by atoms with Crippen LogP contribution in [0, 0.1) is 0 Å². The fourth-order valence-electron chi connectivity index (χ4n) is 2.88. The van der Waals surface area contributed by atoms with Crippen LogP contribution in [0.5, 0.6) is 0 Å². The van der Waals surface area contributed by atoms with Gasteiger partial charge in [0.25, 0.3) is 0 Å². The van der Waals surface area contributed by atoms with Gasteiger partial charge in [0.05, 0.1) is 20.9 Å². The maximum atomic E-state index is 6.06. The molecular formula is C19H11ClN2S2. The van der Waals surface area contributed by atoms with Gasteiger partial charge in [-0.1, -0.05) is 53.7 Å². The van der Waals surface area contributed by atoms with Gasteiger partial charge in [-0.15, -0.1) is 11.3 Å². The van der Waals surface area contributed by atoms with E-state index in [9.17, 15) is 0 Å². The van der Waals surface area contributed by atoms with Gasteiger partial charge in [0.15, 0.2) is 0 Å². The van der Waals surface area contributed by atoms with Crippen LogP contribution >= 0.6 is 34.7 Å². The number of hydrogen-bond donors (Lipinski definition) is 1. The number of nitrogens with one attached hydrogen (secondary N) is 1. The topological polar surface area (TPSA) is 24.9 Å². The summed E-state index contributed by atoms with van der Waals surface area (Å²) >= 11 is 9.49. The van der Waals surface area contributed by atoms with E-state index in [-0.39, 0.29) is 0 Å². The molecule has 24 heavy (non-hydrogen) atoms. The summed E-state index contributed by atoms with van der Waals surface area (Å²) in [5, 5.41) is 8.68. The number of anilines is 1. The van der Waals surface area contributed by atoms with Crippen molar-refractivity contribution in [3.8, 4) is 0 Å². The Labute approximate surface area is 152 Å². The Balaban J connectivity index is 1.57. The van der Waals surface area contributed by atoms with Crippen molar-refractivity contribution in [2.24, 2.45) is 0 Å². The summed E-state index contributed by atoms with van der Waals surface area (Å²) in [5.74, 6) is 0. The van der Waals surface area contributed by atoms with E-state index in [1.165, 1.54) is 20.4 Å². The highest BCUT2D eigenvalue weighted by molar-refractivity contribution is 8.03. The second-order valence-corrected chi connectivity index (χ2v) is 8.14. The van der Waals surface area contributed by atoms with Crippen LogP contribution in [0.4, 0.5) is 5.69 Å². The van der Waals surface area contributed by atoms with E-state index in [2.05, 4.69) is 47.8 Å². The number of rotatable bonds is 1. The lowest BCUT2D eigenvalue weighted by Crippen LogP contribution is -1.87. The minimum absolute atomic E-state index is 0.745. The van der Waals surface area contributed by atoms with E-state index < -0.39 is 0 Å². The number of fused-ring (bicyclic) bond motifs is 4. The summed E-state index contributed by atoms with van der Waals surface area (Å²) in [6.45, 7) is 0. The number of hydrogen-bond acceptors (Lipinski definition) is 4. The predicted molar refractivity (Wildman–Crippen MR) is 106 cm³/mol. The van der Waals surface area contributed by atoms with Crippen LogP contribution < -0.4 is 5.32 Å². The van der Waals surface area contributed by atoms with E-state index >= 15 is 0 Å². The number of thiazole rings is 1. The third-order valence-corrected chi connectivity index (χ3v) is 6.19. The van der Waals surface area contributed by atoms with E-state index in [0.29, 0.717) is 0 Å². The third kappa shape index (κ3) is 2.38. The third-order valence-electron chi connectivity index (χ3n) is 3.97. The first-order chi connectivity index (χ1) is 11.8. The number of aromatic nitrogens is 1. The smallest absolute Gasteiger partial charge is 0.119 e. The van der Waals surface area contributed by atoms with Crippen LogP contribution in [-0.2, 0) is 0 Å². The van der Waals surface area contributed by atoms with E-state index in [1.807, 2.05) is 18.2 Å². The van der Waals surface area contributed by atoms with E-state index in [0.717, 1.165) is 26.3 Å². The van der Waals surface area contributed by atoms with Crippen LogP contribution in [-0.4, -0.2) is 4.98 Å². The SMILES string of the molecule is Clc1ccc2c(c1)NC(=Cc1nc3c(ccc4ccccc43)s1)S2. The lowest BCUT2D eigenvalue weighted by atomic mass is 10.1. The van der Waals surface area contributed by atoms with Crippen LogP contribution in [0.1, 0.15) is 5.01 Å². The molecule has 1 aromatic heterocycles. The second-order valence-electron chi connectivity index (χ2n) is 5.56. The monoisotopic (exact) mass is 366 g/mol. The predicted octanol–water partition coefficient (Wildman–Crippen LogP) is 6.62. The van der Waals surface area contributed by atoms with Gasteiger partial charge >= 0.3 is 0 Å². The molecule has 0 aliphatic carbocycles. The number of benzene rings is 3. The highest BCUT2D eigenvalue weighted by Gasteiger charge is 2.16. The molecule has 3 aromatic carbocycles. The number of thioether (sulfide) groups is 1. The van der Waals surface area contributed by atoms with Crippen molar-refractivity contribution in [2.45, 2.75) is 4.90 Å². The van der Waals surface area contributed by atoms with Crippen LogP contribution in [0.15, 0.2) is 64.5 Å². The molecule has 0 fully saturated rings. The summed E-state index contributed by atoms with van der Waals surface area (Å²) in [6.07, 6.45) is 2.11. The van der Waals surface area contributed by atoms with Gasteiger partial charge in [-0.05, 0) is 29.7 Å². The van der Waals surface area contributed by atoms with Crippen molar-refractivity contribution in [2.75, 3.05) is 5.32 Å². The molecule has 0 spiro atoms. The van der Waals surface area contributed by atoms with Crippen LogP contribution in [0.25, 0.3) is 27.1 Å². The molecule has 5 rings (SSSR count). The zero-order valence-corrected chi connectivity index (χ0v) is 14.8. The summed E-state index contributed by atoms with van der Waals surface area (Å²) in [4.78, 5) is 6.04. The Kier molecular flexibility index (Phi) is 3.30. The van der Waals surface area contributed by atoms with Gasteiger partial charge < -0.3 is 5.32 Å². The molecule has 0 radical (unpaired) electrons. The molecule has 5 heteroatoms. The van der Waals surface area contributed by atoms with Gasteiger partial charge in [0, 0.05) is 21.4 Å². The number of halogens is 1. The lowest BCUT2D eigenvalue weighted by molar-refractivity contribution is 1.45. The number of nitrogens with zero attached hydrogens (tertiary/aromatic N) is 1. The first-order valence-electron chi connectivity index (χ1n) is 7.51. The molecule has 4 aromatic rings. The molecular weight excluding hydrogens is 356 g/mol. The molecule has 0 saturated heterocycles. The minimum atomic E-state index is 0.745. The Bertz CT molecular complexity index is 1130. The summed E-state index contributed by atoms with van der Waals surface area (Å²) in [5.41, 5.74) is 2.14. The molecule has 0 atom stereocenters. The maximum Gasteiger partial charge on any atom is 0.119 e. The highest BCUT2D eigenvalue weighted by Crippen LogP contribution is 2.43. The van der Waals surface area contributed by atoms with Crippen molar-refractivity contribution in [3.05, 3.63) is 69.7 Å². The van der Waals surface area contributed by atoms with Gasteiger partial charge in [-0.25, -0.2) is 4.98 Å². The zero-order valence-electron chi connectivity index (χ0n) is 12.4. The molecule has 116 valence electrons. The Morgan fingerprint density at radius 3 is 2.92 bits per heavy atom. The first kappa shape index (κ1) is 14.3. The standard InChI is InChI=1S/C19H11ClN2S2/c20-12-6-8-15-14(9-12)21-17(23-15)10-18-22-19-13-4-2-1-3-11(13)5-7-16(19)24-18/h1-10,21H. The fourth-order valence-corrected chi connectivity index (χ4v) is 4.98. The van der Waals surface area contributed by atoms with Crippen LogP contribution in [0.2, 0.25) is 5.02 Å². The zero-order chi connectivity index (χ0) is 16.1. The van der Waals surface area contributed by atoms with Gasteiger partial charge in [0.2, 0.25) is 0 Å². The van der Waals surface area contributed by atoms with Crippen molar-refractivity contribution in [1.29, 1.82) is 0 Å². The highest BCUT2D eigenvalue weighted by atomic mass is 35.5. The largest absolute Gasteiger partial charge is 0.349 e. The average Bonchev–Trinajstić information content (AvgIpc) is 3.17. The van der Waals surface area contributed by atoms with Crippen molar-refractivity contribution in [3.63, 3.8) is 0 Å². The fraction of sp³-hybridized carbons (Fsp3) is 0. The molecule has 0 bridgehead atoms. The van der Waals surface area contributed by atoms with Crippen molar-refractivity contribution < 1.29 is 0 Å². The summed E-state index contributed by atoms with van der Waals surface area (Å²) in [6, 6.07) is 18.6. The molecule has 0 saturated carbocycles. The second kappa shape index (κ2) is 5.52. The minimum Gasteiger partial charge on any atom is -0.349 e.